The number of hydrogen-bond donors (Lipinski definition) is 2. The Morgan fingerprint density at radius 1 is 1.39 bits per heavy atom. The molecule has 0 radical (unpaired) electrons. The van der Waals surface area contributed by atoms with Crippen LogP contribution in [-0.2, 0) is 9.47 Å². The molecule has 2 aliphatic rings. The van der Waals surface area contributed by atoms with Crippen molar-refractivity contribution < 1.29 is 19.2 Å². The molecule has 1 saturated heterocycles. The Morgan fingerprint density at radius 3 is 2.78 bits per heavy atom. The Labute approximate surface area is 133 Å². The lowest BCUT2D eigenvalue weighted by atomic mass is 10.1. The van der Waals surface area contributed by atoms with E-state index in [1.807, 2.05) is 0 Å². The Hall–Kier alpha value is -2.19. The van der Waals surface area contributed by atoms with E-state index in [2.05, 4.69) is 10.6 Å². The molecular weight excluding hydrogens is 302 g/mol. The van der Waals surface area contributed by atoms with E-state index in [1.165, 1.54) is 13.1 Å². The van der Waals surface area contributed by atoms with Crippen LogP contribution in [0.3, 0.4) is 0 Å². The Morgan fingerprint density at radius 2 is 2.13 bits per heavy atom. The zero-order valence-corrected chi connectivity index (χ0v) is 12.8. The molecule has 3 rings (SSSR count). The van der Waals surface area contributed by atoms with Gasteiger partial charge in [-0.3, -0.25) is 14.9 Å². The molecule has 124 valence electrons. The van der Waals surface area contributed by atoms with Crippen LogP contribution in [-0.4, -0.2) is 42.9 Å². The van der Waals surface area contributed by atoms with Gasteiger partial charge in [0, 0.05) is 37.6 Å². The lowest BCUT2D eigenvalue weighted by molar-refractivity contribution is -0.384. The highest BCUT2D eigenvalue weighted by Crippen LogP contribution is 2.39. The highest BCUT2D eigenvalue weighted by atomic mass is 16.7. The number of hydrogen-bond acceptors (Lipinski definition) is 6. The van der Waals surface area contributed by atoms with Crippen molar-refractivity contribution >= 4 is 17.3 Å². The first-order chi connectivity index (χ1) is 11.0. The zero-order valence-electron chi connectivity index (χ0n) is 12.8. The Bertz CT molecular complexity index is 628. The summed E-state index contributed by atoms with van der Waals surface area (Å²) in [5.74, 6) is -0.888. The van der Waals surface area contributed by atoms with Gasteiger partial charge in [0.2, 0.25) is 0 Å². The molecule has 8 heteroatoms. The van der Waals surface area contributed by atoms with Crippen LogP contribution in [0.1, 0.15) is 29.6 Å². The number of amides is 1. The minimum absolute atomic E-state index is 0.0395. The fourth-order valence-electron chi connectivity index (χ4n) is 3.17. The molecule has 2 N–H and O–H groups in total. The Balaban J connectivity index is 1.77. The van der Waals surface area contributed by atoms with E-state index in [9.17, 15) is 14.9 Å². The fraction of sp³-hybridized carbons (Fsp3) is 0.533. The standard InChI is InChI=1S/C15H19N3O5/c1-16-14(19)10-2-3-12(13(8-10)18(20)21)17-11-4-5-15(9-11)22-6-7-23-15/h2-3,8,11,17H,4-7,9H2,1H3,(H,16,19)/t11-/m0/s1. The van der Waals surface area contributed by atoms with E-state index in [1.54, 1.807) is 12.1 Å². The summed E-state index contributed by atoms with van der Waals surface area (Å²) in [7, 11) is 1.49. The monoisotopic (exact) mass is 321 g/mol. The van der Waals surface area contributed by atoms with Gasteiger partial charge < -0.3 is 20.1 Å². The molecule has 1 spiro atoms. The SMILES string of the molecule is CNC(=O)c1ccc(N[C@H]2CCC3(C2)OCCO3)c([N+](=O)[O-])c1. The number of carbonyl (C=O) groups excluding carboxylic acids is 1. The van der Waals surface area contributed by atoms with Gasteiger partial charge in [-0.1, -0.05) is 0 Å². The molecule has 0 unspecified atom stereocenters. The topological polar surface area (TPSA) is 103 Å². The van der Waals surface area contributed by atoms with Crippen molar-refractivity contribution in [2.24, 2.45) is 0 Å². The third-order valence-electron chi connectivity index (χ3n) is 4.29. The summed E-state index contributed by atoms with van der Waals surface area (Å²) in [5.41, 5.74) is 0.554. The van der Waals surface area contributed by atoms with Crippen molar-refractivity contribution in [1.29, 1.82) is 0 Å². The molecule has 0 aromatic heterocycles. The maximum atomic E-state index is 11.6. The second kappa shape index (κ2) is 6.13. The van der Waals surface area contributed by atoms with Crippen LogP contribution in [0.4, 0.5) is 11.4 Å². The normalized spacial score (nSPS) is 22.2. The molecule has 1 amide bonds. The lowest BCUT2D eigenvalue weighted by Crippen LogP contribution is -2.28. The van der Waals surface area contributed by atoms with E-state index >= 15 is 0 Å². The summed E-state index contributed by atoms with van der Waals surface area (Å²) in [6, 6.07) is 4.47. The molecule has 1 aliphatic heterocycles. The molecule has 8 nitrogen and oxygen atoms in total. The molecule has 1 aromatic rings. The molecule has 1 atom stereocenters. The highest BCUT2D eigenvalue weighted by molar-refractivity contribution is 5.95. The first kappa shape index (κ1) is 15.7. The van der Waals surface area contributed by atoms with Crippen LogP contribution in [0, 0.1) is 10.1 Å². The average Bonchev–Trinajstić information content (AvgIpc) is 3.17. The van der Waals surface area contributed by atoms with Crippen LogP contribution < -0.4 is 10.6 Å². The number of nitrogens with one attached hydrogen (secondary N) is 2. The van der Waals surface area contributed by atoms with Crippen molar-refractivity contribution in [3.05, 3.63) is 33.9 Å². The van der Waals surface area contributed by atoms with Gasteiger partial charge in [0.25, 0.3) is 11.6 Å². The summed E-state index contributed by atoms with van der Waals surface area (Å²) in [5, 5.41) is 16.9. The minimum atomic E-state index is -0.533. The number of nitro groups is 1. The summed E-state index contributed by atoms with van der Waals surface area (Å²) >= 11 is 0. The molecule has 1 aromatic carbocycles. The lowest BCUT2D eigenvalue weighted by Gasteiger charge is -2.22. The average molecular weight is 321 g/mol. The smallest absolute Gasteiger partial charge is 0.293 e. The van der Waals surface area contributed by atoms with Gasteiger partial charge in [0.15, 0.2) is 5.79 Å². The number of rotatable bonds is 4. The number of nitrogens with zero attached hydrogens (tertiary/aromatic N) is 1. The fourth-order valence-corrected chi connectivity index (χ4v) is 3.17. The van der Waals surface area contributed by atoms with Gasteiger partial charge in [-0.15, -0.1) is 0 Å². The van der Waals surface area contributed by atoms with E-state index in [0.29, 0.717) is 25.3 Å². The van der Waals surface area contributed by atoms with Gasteiger partial charge >= 0.3 is 0 Å². The van der Waals surface area contributed by atoms with Gasteiger partial charge in [0.1, 0.15) is 5.69 Å². The summed E-state index contributed by atoms with van der Waals surface area (Å²) in [4.78, 5) is 22.4. The van der Waals surface area contributed by atoms with Crippen LogP contribution in [0.25, 0.3) is 0 Å². The van der Waals surface area contributed by atoms with Gasteiger partial charge in [-0.05, 0) is 18.6 Å². The Kier molecular flexibility index (Phi) is 4.18. The maximum Gasteiger partial charge on any atom is 0.293 e. The molecule has 2 fully saturated rings. The summed E-state index contributed by atoms with van der Waals surface area (Å²) < 4.78 is 11.3. The van der Waals surface area contributed by atoms with Crippen LogP contribution in [0.15, 0.2) is 18.2 Å². The molecule has 0 bridgehead atoms. The second-order valence-electron chi connectivity index (χ2n) is 5.76. The third-order valence-corrected chi connectivity index (χ3v) is 4.29. The van der Waals surface area contributed by atoms with Gasteiger partial charge in [-0.25, -0.2) is 0 Å². The molecular formula is C15H19N3O5. The third kappa shape index (κ3) is 3.13. The van der Waals surface area contributed by atoms with Crippen molar-refractivity contribution in [3.63, 3.8) is 0 Å². The molecule has 1 heterocycles. The van der Waals surface area contributed by atoms with Crippen molar-refractivity contribution in [3.8, 4) is 0 Å². The van der Waals surface area contributed by atoms with Crippen molar-refractivity contribution in [1.82, 2.24) is 5.32 Å². The van der Waals surface area contributed by atoms with E-state index in [0.717, 1.165) is 12.8 Å². The first-order valence-corrected chi connectivity index (χ1v) is 7.58. The zero-order chi connectivity index (χ0) is 16.4. The second-order valence-corrected chi connectivity index (χ2v) is 5.76. The predicted octanol–water partition coefficient (Wildman–Crippen LogP) is 1.66. The van der Waals surface area contributed by atoms with E-state index in [4.69, 9.17) is 9.47 Å². The van der Waals surface area contributed by atoms with Crippen LogP contribution in [0.5, 0.6) is 0 Å². The number of nitro benzene ring substituents is 1. The number of benzene rings is 1. The summed E-state index contributed by atoms with van der Waals surface area (Å²) in [6.07, 6.45) is 2.24. The van der Waals surface area contributed by atoms with E-state index < -0.39 is 10.7 Å². The van der Waals surface area contributed by atoms with Crippen molar-refractivity contribution in [2.75, 3.05) is 25.6 Å². The van der Waals surface area contributed by atoms with Crippen LogP contribution in [0.2, 0.25) is 0 Å². The van der Waals surface area contributed by atoms with Crippen molar-refractivity contribution in [2.45, 2.75) is 31.1 Å². The number of ether oxygens (including phenoxy) is 2. The van der Waals surface area contributed by atoms with Crippen LogP contribution >= 0.6 is 0 Å². The number of anilines is 1. The molecule has 23 heavy (non-hydrogen) atoms. The minimum Gasteiger partial charge on any atom is -0.377 e. The molecule has 1 saturated carbocycles. The molecule has 1 aliphatic carbocycles. The predicted molar refractivity (Wildman–Crippen MR) is 82.4 cm³/mol. The number of carbonyl (C=O) groups is 1. The summed E-state index contributed by atoms with van der Waals surface area (Å²) in [6.45, 7) is 1.18. The largest absolute Gasteiger partial charge is 0.377 e. The maximum absolute atomic E-state index is 11.6. The van der Waals surface area contributed by atoms with Gasteiger partial charge in [-0.2, -0.15) is 0 Å². The quantitative estimate of drug-likeness (QED) is 0.646. The van der Waals surface area contributed by atoms with E-state index in [-0.39, 0.29) is 23.2 Å². The first-order valence-electron chi connectivity index (χ1n) is 7.58. The van der Waals surface area contributed by atoms with Gasteiger partial charge in [0.05, 0.1) is 18.1 Å². The highest BCUT2D eigenvalue weighted by Gasteiger charge is 2.44.